The van der Waals surface area contributed by atoms with Crippen molar-refractivity contribution in [3.8, 4) is 0 Å². The van der Waals surface area contributed by atoms with Gasteiger partial charge in [0, 0.05) is 18.5 Å². The minimum atomic E-state index is -0.327. The maximum Gasteiger partial charge on any atom is 0.222 e. The van der Waals surface area contributed by atoms with Crippen LogP contribution in [-0.2, 0) is 9.59 Å². The number of halogens is 1. The van der Waals surface area contributed by atoms with Crippen molar-refractivity contribution in [1.29, 1.82) is 0 Å². The summed E-state index contributed by atoms with van der Waals surface area (Å²) in [6.07, 6.45) is 1.11. The predicted octanol–water partition coefficient (Wildman–Crippen LogP) is 2.43. The molecule has 5 heteroatoms. The van der Waals surface area contributed by atoms with E-state index in [1.54, 1.807) is 12.1 Å². The predicted molar refractivity (Wildman–Crippen MR) is 75.9 cm³/mol. The highest BCUT2D eigenvalue weighted by atomic mass is 35.5. The lowest BCUT2D eigenvalue weighted by Crippen LogP contribution is -2.32. The van der Waals surface area contributed by atoms with Crippen LogP contribution in [-0.4, -0.2) is 18.4 Å². The zero-order valence-corrected chi connectivity index (χ0v) is 12.0. The molecular weight excluding hydrogens is 264 g/mol. The number of hydrogen-bond donors (Lipinski definition) is 2. The van der Waals surface area contributed by atoms with Crippen molar-refractivity contribution < 1.29 is 9.59 Å². The monoisotopic (exact) mass is 282 g/mol. The van der Waals surface area contributed by atoms with E-state index in [9.17, 15) is 9.59 Å². The van der Waals surface area contributed by atoms with E-state index in [1.165, 1.54) is 6.92 Å². The summed E-state index contributed by atoms with van der Waals surface area (Å²) in [7, 11) is 0. The van der Waals surface area contributed by atoms with Crippen LogP contribution in [0.1, 0.15) is 38.3 Å². The minimum absolute atomic E-state index is 0.0736. The van der Waals surface area contributed by atoms with Crippen molar-refractivity contribution in [2.75, 3.05) is 6.54 Å². The van der Waals surface area contributed by atoms with Crippen molar-refractivity contribution in [3.05, 3.63) is 34.9 Å². The molecule has 19 heavy (non-hydrogen) atoms. The second-order valence-corrected chi connectivity index (χ2v) is 4.80. The van der Waals surface area contributed by atoms with E-state index in [4.69, 9.17) is 11.6 Å². The Morgan fingerprint density at radius 3 is 2.42 bits per heavy atom. The molecule has 1 aromatic carbocycles. The first-order chi connectivity index (χ1) is 9.02. The van der Waals surface area contributed by atoms with Crippen LogP contribution in [0.5, 0.6) is 0 Å². The quantitative estimate of drug-likeness (QED) is 0.842. The minimum Gasteiger partial charge on any atom is -0.356 e. The van der Waals surface area contributed by atoms with Crippen LogP contribution in [0.4, 0.5) is 0 Å². The molecule has 0 radical (unpaired) electrons. The first kappa shape index (κ1) is 15.5. The van der Waals surface area contributed by atoms with Gasteiger partial charge in [0.15, 0.2) is 0 Å². The molecule has 1 atom stereocenters. The number of benzene rings is 1. The van der Waals surface area contributed by atoms with E-state index in [1.807, 2.05) is 19.1 Å². The Morgan fingerprint density at radius 2 is 1.89 bits per heavy atom. The molecule has 104 valence electrons. The number of carbonyl (C=O) groups is 2. The highest BCUT2D eigenvalue weighted by molar-refractivity contribution is 6.30. The molecule has 0 aromatic heterocycles. The standard InChI is InChI=1S/C14H19ClN2O2/c1-3-8-16-14(19)9-13(17-10(2)18)11-4-6-12(15)7-5-11/h4-7,13H,3,8-9H2,1-2H3,(H,16,19)(H,17,18). The summed E-state index contributed by atoms with van der Waals surface area (Å²) in [5.41, 5.74) is 0.867. The zero-order chi connectivity index (χ0) is 14.3. The molecule has 0 aliphatic heterocycles. The largest absolute Gasteiger partial charge is 0.356 e. The molecule has 2 amide bonds. The molecule has 4 nitrogen and oxygen atoms in total. The van der Waals surface area contributed by atoms with Crippen LogP contribution in [0, 0.1) is 0 Å². The summed E-state index contributed by atoms with van der Waals surface area (Å²) in [5.74, 6) is -0.237. The van der Waals surface area contributed by atoms with Crippen molar-refractivity contribution in [1.82, 2.24) is 10.6 Å². The van der Waals surface area contributed by atoms with Gasteiger partial charge in [0.05, 0.1) is 12.5 Å². The summed E-state index contributed by atoms with van der Waals surface area (Å²) in [5, 5.41) is 6.21. The fourth-order valence-electron chi connectivity index (χ4n) is 1.71. The van der Waals surface area contributed by atoms with Crippen molar-refractivity contribution in [2.24, 2.45) is 0 Å². The average molecular weight is 283 g/mol. The van der Waals surface area contributed by atoms with Crippen LogP contribution in [0.15, 0.2) is 24.3 Å². The van der Waals surface area contributed by atoms with Crippen molar-refractivity contribution in [2.45, 2.75) is 32.7 Å². The molecule has 0 saturated heterocycles. The Balaban J connectivity index is 2.74. The maximum atomic E-state index is 11.7. The lowest BCUT2D eigenvalue weighted by Gasteiger charge is -2.18. The highest BCUT2D eigenvalue weighted by Crippen LogP contribution is 2.19. The first-order valence-corrected chi connectivity index (χ1v) is 6.70. The molecule has 0 bridgehead atoms. The molecule has 1 rings (SSSR count). The lowest BCUT2D eigenvalue weighted by molar-refractivity contribution is -0.122. The Labute approximate surface area is 118 Å². The van der Waals surface area contributed by atoms with Gasteiger partial charge in [-0.1, -0.05) is 30.7 Å². The number of rotatable bonds is 6. The van der Waals surface area contributed by atoms with Gasteiger partial charge in [-0.05, 0) is 24.1 Å². The molecule has 0 fully saturated rings. The van der Waals surface area contributed by atoms with Crippen LogP contribution >= 0.6 is 11.6 Å². The average Bonchev–Trinajstić information content (AvgIpc) is 2.36. The Bertz CT molecular complexity index is 432. The van der Waals surface area contributed by atoms with Crippen LogP contribution in [0.3, 0.4) is 0 Å². The van der Waals surface area contributed by atoms with Gasteiger partial charge in [0.25, 0.3) is 0 Å². The third-order valence-corrected chi connectivity index (χ3v) is 2.86. The smallest absolute Gasteiger partial charge is 0.222 e. The van der Waals surface area contributed by atoms with Crippen LogP contribution in [0.25, 0.3) is 0 Å². The van der Waals surface area contributed by atoms with Gasteiger partial charge in [-0.15, -0.1) is 0 Å². The van der Waals surface area contributed by atoms with Gasteiger partial charge < -0.3 is 10.6 Å². The summed E-state index contributed by atoms with van der Waals surface area (Å²) >= 11 is 5.83. The SMILES string of the molecule is CCCNC(=O)CC(NC(C)=O)c1ccc(Cl)cc1. The van der Waals surface area contributed by atoms with Gasteiger partial charge >= 0.3 is 0 Å². The molecule has 0 aliphatic carbocycles. The van der Waals surface area contributed by atoms with E-state index in [2.05, 4.69) is 10.6 Å². The topological polar surface area (TPSA) is 58.2 Å². The Hall–Kier alpha value is -1.55. The first-order valence-electron chi connectivity index (χ1n) is 6.32. The number of hydrogen-bond acceptors (Lipinski definition) is 2. The van der Waals surface area contributed by atoms with E-state index in [0.29, 0.717) is 11.6 Å². The molecule has 0 spiro atoms. The van der Waals surface area contributed by atoms with Gasteiger partial charge in [0.1, 0.15) is 0 Å². The lowest BCUT2D eigenvalue weighted by atomic mass is 10.0. The fraction of sp³-hybridized carbons (Fsp3) is 0.429. The number of carbonyl (C=O) groups excluding carboxylic acids is 2. The second kappa shape index (κ2) is 7.79. The molecule has 0 heterocycles. The van der Waals surface area contributed by atoms with Gasteiger partial charge in [0.2, 0.25) is 11.8 Å². The van der Waals surface area contributed by atoms with Gasteiger partial charge in [-0.3, -0.25) is 9.59 Å². The maximum absolute atomic E-state index is 11.7. The number of amides is 2. The van der Waals surface area contributed by atoms with Crippen LogP contribution < -0.4 is 10.6 Å². The molecule has 2 N–H and O–H groups in total. The van der Waals surface area contributed by atoms with E-state index >= 15 is 0 Å². The molecule has 0 aliphatic rings. The van der Waals surface area contributed by atoms with E-state index in [-0.39, 0.29) is 24.3 Å². The summed E-state index contributed by atoms with van der Waals surface area (Å²) < 4.78 is 0. The van der Waals surface area contributed by atoms with Gasteiger partial charge in [-0.25, -0.2) is 0 Å². The third-order valence-electron chi connectivity index (χ3n) is 2.61. The second-order valence-electron chi connectivity index (χ2n) is 4.36. The van der Waals surface area contributed by atoms with Crippen molar-refractivity contribution >= 4 is 23.4 Å². The fourth-order valence-corrected chi connectivity index (χ4v) is 1.84. The summed E-state index contributed by atoms with van der Waals surface area (Å²) in [4.78, 5) is 23.0. The normalized spacial score (nSPS) is 11.7. The Morgan fingerprint density at radius 1 is 1.26 bits per heavy atom. The summed E-state index contributed by atoms with van der Waals surface area (Å²) in [6, 6.07) is 6.80. The molecule has 1 aromatic rings. The number of nitrogens with one attached hydrogen (secondary N) is 2. The zero-order valence-electron chi connectivity index (χ0n) is 11.2. The molecular formula is C14H19ClN2O2. The highest BCUT2D eigenvalue weighted by Gasteiger charge is 2.16. The molecule has 1 unspecified atom stereocenters. The molecule has 0 saturated carbocycles. The third kappa shape index (κ3) is 5.75. The van der Waals surface area contributed by atoms with E-state index in [0.717, 1.165) is 12.0 Å². The van der Waals surface area contributed by atoms with Crippen LogP contribution in [0.2, 0.25) is 5.02 Å². The van der Waals surface area contributed by atoms with Gasteiger partial charge in [-0.2, -0.15) is 0 Å². The Kier molecular flexibility index (Phi) is 6.36. The summed E-state index contributed by atoms with van der Waals surface area (Å²) in [6.45, 7) is 4.07. The van der Waals surface area contributed by atoms with E-state index < -0.39 is 0 Å². The van der Waals surface area contributed by atoms with Crippen molar-refractivity contribution in [3.63, 3.8) is 0 Å².